The van der Waals surface area contributed by atoms with Crippen molar-refractivity contribution in [3.05, 3.63) is 30.1 Å². The topological polar surface area (TPSA) is 86.5 Å². The van der Waals surface area contributed by atoms with Gasteiger partial charge in [0, 0.05) is 24.2 Å². The summed E-state index contributed by atoms with van der Waals surface area (Å²) in [4.78, 5) is 0. The van der Waals surface area contributed by atoms with E-state index in [1.807, 2.05) is 36.1 Å². The lowest BCUT2D eigenvalue weighted by molar-refractivity contribution is -0.671. The van der Waals surface area contributed by atoms with Crippen molar-refractivity contribution in [1.29, 1.82) is 0 Å². The van der Waals surface area contributed by atoms with Gasteiger partial charge in [-0.05, 0) is 12.2 Å². The molecule has 0 unspecified atom stereocenters. The van der Waals surface area contributed by atoms with Crippen LogP contribution in [0.15, 0.2) is 29.6 Å². The first kappa shape index (κ1) is 17.0. The van der Waals surface area contributed by atoms with Gasteiger partial charge in [0.05, 0.1) is 6.61 Å². The predicted octanol–water partition coefficient (Wildman–Crippen LogP) is -4.41. The van der Waals surface area contributed by atoms with Gasteiger partial charge in [0.1, 0.15) is 7.05 Å². The molecule has 0 aromatic carbocycles. The van der Waals surface area contributed by atoms with Gasteiger partial charge >= 0.3 is 0 Å². The number of aliphatic hydroxyl groups is 1. The Balaban J connectivity index is 0.00000289. The van der Waals surface area contributed by atoms with E-state index >= 15 is 0 Å². The van der Waals surface area contributed by atoms with E-state index in [0.29, 0.717) is 17.5 Å². The predicted molar refractivity (Wildman–Crippen MR) is 69.2 cm³/mol. The summed E-state index contributed by atoms with van der Waals surface area (Å²) >= 11 is 4.91. The molecule has 1 rings (SSSR count). The Morgan fingerprint density at radius 1 is 1.50 bits per heavy atom. The molecule has 0 aliphatic carbocycles. The lowest BCUT2D eigenvalue weighted by Gasteiger charge is -2.05. The average Bonchev–Trinajstić information content (AvgIpc) is 2.34. The Morgan fingerprint density at radius 3 is 2.67 bits per heavy atom. The summed E-state index contributed by atoms with van der Waals surface area (Å²) in [6.45, 7) is 0.388. The summed E-state index contributed by atoms with van der Waals surface area (Å²) in [5.41, 5.74) is 9.17. The van der Waals surface area contributed by atoms with Gasteiger partial charge < -0.3 is 40.1 Å². The Morgan fingerprint density at radius 2 is 2.11 bits per heavy atom. The molecule has 100 valence electrons. The minimum atomic E-state index is 0. The third-order valence-corrected chi connectivity index (χ3v) is 2.19. The van der Waals surface area contributed by atoms with E-state index in [0.717, 1.165) is 5.56 Å². The second kappa shape index (κ2) is 9.00. The molecule has 1 aromatic heterocycles. The molecule has 0 amide bonds. The van der Waals surface area contributed by atoms with Crippen LogP contribution in [0.2, 0.25) is 0 Å². The quantitative estimate of drug-likeness (QED) is 0.106. The monoisotopic (exact) mass is 381 g/mol. The zero-order valence-corrected chi connectivity index (χ0v) is 12.9. The molecule has 0 saturated heterocycles. The number of amidine groups is 1. The summed E-state index contributed by atoms with van der Waals surface area (Å²) in [5, 5.41) is 15.6. The summed E-state index contributed by atoms with van der Waals surface area (Å²) in [6, 6.07) is 3.70. The Labute approximate surface area is 128 Å². The fourth-order valence-corrected chi connectivity index (χ4v) is 1.20. The average molecular weight is 381 g/mol. The Kier molecular flexibility index (Phi) is 8.50. The number of aliphatic hydroxyl groups excluding tert-OH is 1. The smallest absolute Gasteiger partial charge is 0.187 e. The number of nitrogens with zero attached hydrogens (tertiary/aromatic N) is 2. The van der Waals surface area contributed by atoms with Crippen molar-refractivity contribution in [3.63, 3.8) is 0 Å². The molecule has 5 N–H and O–H groups in total. The van der Waals surface area contributed by atoms with Crippen LogP contribution in [-0.2, 0) is 7.05 Å². The molecule has 0 radical (unpaired) electrons. The number of halogens is 1. The summed E-state index contributed by atoms with van der Waals surface area (Å²) in [6.07, 6.45) is 3.75. The second-order valence-electron chi connectivity index (χ2n) is 3.34. The first-order valence-electron chi connectivity index (χ1n) is 5.07. The van der Waals surface area contributed by atoms with Crippen LogP contribution >= 0.6 is 12.2 Å². The maximum Gasteiger partial charge on any atom is 0.187 e. The molecule has 18 heavy (non-hydrogen) atoms. The number of hydrazone groups is 1. The number of hydrogen-bond donors (Lipinski definition) is 4. The van der Waals surface area contributed by atoms with E-state index in [-0.39, 0.29) is 30.6 Å². The number of nitrogens with one attached hydrogen (secondary N) is 2. The van der Waals surface area contributed by atoms with Crippen LogP contribution in [0, 0.1) is 0 Å². The summed E-state index contributed by atoms with van der Waals surface area (Å²) < 4.78 is 1.90. The summed E-state index contributed by atoms with van der Waals surface area (Å²) in [7, 11) is 1.92. The molecule has 0 bridgehead atoms. The molecule has 0 atom stereocenters. The molecule has 0 fully saturated rings. The van der Waals surface area contributed by atoms with Crippen molar-refractivity contribution < 1.29 is 33.7 Å². The first-order valence-corrected chi connectivity index (χ1v) is 5.48. The van der Waals surface area contributed by atoms with E-state index in [9.17, 15) is 0 Å². The molecular formula is C10H16IN5OS. The SMILES string of the molecule is C[n+]1ccc(/C(N)=N/NC(=S)NCCO)cc1.[I-]. The number of nitrogens with two attached hydrogens (primary N) is 1. The lowest BCUT2D eigenvalue weighted by Crippen LogP contribution is -3.00. The molecule has 0 spiro atoms. The van der Waals surface area contributed by atoms with Crippen LogP contribution in [0.5, 0.6) is 0 Å². The third-order valence-electron chi connectivity index (χ3n) is 1.95. The number of aryl methyl sites for hydroxylation is 1. The number of aromatic nitrogens is 1. The molecule has 6 nitrogen and oxygen atoms in total. The minimum Gasteiger partial charge on any atom is -1.00 e. The molecule has 8 heteroatoms. The number of pyridine rings is 1. The van der Waals surface area contributed by atoms with E-state index in [1.165, 1.54) is 0 Å². The minimum absolute atomic E-state index is 0. The zero-order valence-electron chi connectivity index (χ0n) is 9.93. The maximum absolute atomic E-state index is 8.58. The highest BCUT2D eigenvalue weighted by atomic mass is 127. The van der Waals surface area contributed by atoms with Gasteiger partial charge in [-0.3, -0.25) is 5.43 Å². The molecule has 0 aliphatic heterocycles. The molecule has 1 heterocycles. The van der Waals surface area contributed by atoms with E-state index in [2.05, 4.69) is 15.8 Å². The van der Waals surface area contributed by atoms with E-state index < -0.39 is 0 Å². The fourth-order valence-electron chi connectivity index (χ4n) is 1.06. The third kappa shape index (κ3) is 6.07. The standard InChI is InChI=1S/C10H15N5OS.HI/c1-15-5-2-8(3-6-15)9(11)13-14-10(17)12-4-7-16;/h2-3,5-6,16H,4,7,11H2,1H3,(H,12,17);1H. The van der Waals surface area contributed by atoms with Crippen LogP contribution < -0.4 is 45.0 Å². The van der Waals surface area contributed by atoms with Crippen molar-refractivity contribution in [2.45, 2.75) is 0 Å². The van der Waals surface area contributed by atoms with Crippen molar-refractivity contribution in [2.75, 3.05) is 13.2 Å². The second-order valence-corrected chi connectivity index (χ2v) is 3.75. The Bertz CT molecular complexity index is 409. The lowest BCUT2D eigenvalue weighted by atomic mass is 10.2. The normalized spacial score (nSPS) is 10.4. The van der Waals surface area contributed by atoms with Crippen LogP contribution in [-0.4, -0.2) is 29.2 Å². The maximum atomic E-state index is 8.58. The van der Waals surface area contributed by atoms with Crippen LogP contribution in [0.4, 0.5) is 0 Å². The van der Waals surface area contributed by atoms with Gasteiger partial charge in [-0.15, -0.1) is 0 Å². The van der Waals surface area contributed by atoms with Gasteiger partial charge in [-0.25, -0.2) is 4.57 Å². The molecule has 0 aliphatic rings. The van der Waals surface area contributed by atoms with Crippen molar-refractivity contribution in [3.8, 4) is 0 Å². The number of rotatable bonds is 4. The van der Waals surface area contributed by atoms with Gasteiger partial charge in [0.25, 0.3) is 0 Å². The van der Waals surface area contributed by atoms with Gasteiger partial charge in [-0.2, -0.15) is 5.10 Å². The highest BCUT2D eigenvalue weighted by Crippen LogP contribution is 1.93. The fraction of sp³-hybridized carbons (Fsp3) is 0.300. The number of hydrogen-bond acceptors (Lipinski definition) is 3. The highest BCUT2D eigenvalue weighted by molar-refractivity contribution is 7.80. The Hall–Kier alpha value is -1.00. The number of thiocarbonyl (C=S) groups is 1. The molecule has 0 saturated carbocycles. The highest BCUT2D eigenvalue weighted by Gasteiger charge is 2.00. The first-order chi connectivity index (χ1) is 8.13. The van der Waals surface area contributed by atoms with Gasteiger partial charge in [0.2, 0.25) is 0 Å². The van der Waals surface area contributed by atoms with Crippen LogP contribution in [0.25, 0.3) is 0 Å². The van der Waals surface area contributed by atoms with Crippen molar-refractivity contribution in [1.82, 2.24) is 10.7 Å². The van der Waals surface area contributed by atoms with Gasteiger partial charge in [0.15, 0.2) is 23.3 Å². The van der Waals surface area contributed by atoms with Crippen molar-refractivity contribution >= 4 is 23.2 Å². The molecule has 1 aromatic rings. The van der Waals surface area contributed by atoms with E-state index in [4.69, 9.17) is 23.1 Å². The van der Waals surface area contributed by atoms with Crippen molar-refractivity contribution in [2.24, 2.45) is 17.9 Å². The van der Waals surface area contributed by atoms with E-state index in [1.54, 1.807) is 0 Å². The van der Waals surface area contributed by atoms with Crippen LogP contribution in [0.1, 0.15) is 5.56 Å². The zero-order chi connectivity index (χ0) is 12.7. The van der Waals surface area contributed by atoms with Gasteiger partial charge in [-0.1, -0.05) is 0 Å². The largest absolute Gasteiger partial charge is 1.00 e. The summed E-state index contributed by atoms with van der Waals surface area (Å²) in [5.74, 6) is 0.346. The molecular weight excluding hydrogens is 365 g/mol. The van der Waals surface area contributed by atoms with Crippen LogP contribution in [0.3, 0.4) is 0 Å².